The Kier molecular flexibility index (Phi) is 7.07. The van der Waals surface area contributed by atoms with Crippen LogP contribution < -0.4 is 14.4 Å². The predicted molar refractivity (Wildman–Crippen MR) is 117 cm³/mol. The molecule has 0 radical (unpaired) electrons. The third kappa shape index (κ3) is 5.11. The molecule has 0 aromatic heterocycles. The van der Waals surface area contributed by atoms with Crippen molar-refractivity contribution in [1.82, 2.24) is 4.31 Å². The van der Waals surface area contributed by atoms with Crippen molar-refractivity contribution in [3.8, 4) is 11.5 Å². The summed E-state index contributed by atoms with van der Waals surface area (Å²) in [5, 5.41) is 9.18. The smallest absolute Gasteiger partial charge is 0.306 e. The Morgan fingerprint density at radius 2 is 1.84 bits per heavy atom. The minimum atomic E-state index is -3.82. The number of carbonyl (C=O) groups is 1. The molecular weight excluding hydrogens is 420 g/mol. The third-order valence-electron chi connectivity index (χ3n) is 5.58. The number of aliphatic carboxylic acids is 1. The zero-order valence-corrected chi connectivity index (χ0v) is 18.8. The third-order valence-corrected chi connectivity index (χ3v) is 7.41. The van der Waals surface area contributed by atoms with Gasteiger partial charge in [-0.05, 0) is 42.7 Å². The minimum Gasteiger partial charge on any atom is -0.497 e. The van der Waals surface area contributed by atoms with Crippen LogP contribution in [0.2, 0.25) is 0 Å². The molecule has 0 aliphatic carbocycles. The highest BCUT2D eigenvalue weighted by Crippen LogP contribution is 2.31. The van der Waals surface area contributed by atoms with Crippen LogP contribution in [0.25, 0.3) is 0 Å². The lowest BCUT2D eigenvalue weighted by molar-refractivity contribution is -0.142. The maximum atomic E-state index is 13.2. The number of benzene rings is 2. The average molecular weight is 449 g/mol. The maximum absolute atomic E-state index is 13.2. The van der Waals surface area contributed by atoms with Gasteiger partial charge in [0.25, 0.3) is 0 Å². The van der Waals surface area contributed by atoms with Crippen LogP contribution in [-0.4, -0.2) is 58.2 Å². The summed E-state index contributed by atoms with van der Waals surface area (Å²) in [6.45, 7) is 1.51. The molecule has 0 atom stereocenters. The molecule has 2 aromatic carbocycles. The summed E-state index contributed by atoms with van der Waals surface area (Å²) < 4.78 is 38.1. The number of hydrogen-bond acceptors (Lipinski definition) is 6. The van der Waals surface area contributed by atoms with Crippen molar-refractivity contribution in [2.45, 2.75) is 24.3 Å². The maximum Gasteiger partial charge on any atom is 0.306 e. The lowest BCUT2D eigenvalue weighted by atomic mass is 9.96. The number of sulfonamides is 1. The molecular formula is C22H28N2O6S. The van der Waals surface area contributed by atoms with Gasteiger partial charge in [0.2, 0.25) is 10.0 Å². The Labute approximate surface area is 183 Å². The van der Waals surface area contributed by atoms with E-state index in [4.69, 9.17) is 9.47 Å². The number of ether oxygens (including phenoxy) is 2. The van der Waals surface area contributed by atoms with Crippen LogP contribution in [-0.2, 0) is 21.4 Å². The Bertz CT molecular complexity index is 1030. The van der Waals surface area contributed by atoms with Gasteiger partial charge in [-0.25, -0.2) is 8.42 Å². The van der Waals surface area contributed by atoms with Gasteiger partial charge in [-0.2, -0.15) is 4.31 Å². The molecule has 0 amide bonds. The minimum absolute atomic E-state index is 0.0451. The highest BCUT2D eigenvalue weighted by atomic mass is 32.2. The number of rotatable bonds is 8. The molecule has 0 spiro atoms. The molecule has 1 N–H and O–H groups in total. The van der Waals surface area contributed by atoms with Crippen LogP contribution in [0.15, 0.2) is 47.4 Å². The number of anilines is 1. The molecule has 3 rings (SSSR count). The summed E-state index contributed by atoms with van der Waals surface area (Å²) in [4.78, 5) is 13.4. The van der Waals surface area contributed by atoms with E-state index in [2.05, 4.69) is 4.90 Å². The summed E-state index contributed by atoms with van der Waals surface area (Å²) in [5.74, 6) is -0.357. The number of carboxylic acids is 1. The second-order valence-corrected chi connectivity index (χ2v) is 9.56. The van der Waals surface area contributed by atoms with E-state index in [-0.39, 0.29) is 23.1 Å². The van der Waals surface area contributed by atoms with Gasteiger partial charge in [-0.1, -0.05) is 12.1 Å². The van der Waals surface area contributed by atoms with Crippen LogP contribution in [0.3, 0.4) is 0 Å². The van der Waals surface area contributed by atoms with Gasteiger partial charge >= 0.3 is 5.97 Å². The Hall–Kier alpha value is -2.78. The number of nitrogens with zero attached hydrogens (tertiary/aromatic N) is 2. The van der Waals surface area contributed by atoms with E-state index in [0.717, 1.165) is 11.3 Å². The number of carboxylic acid groups (broad SMARTS) is 1. The fourth-order valence-corrected chi connectivity index (χ4v) is 5.06. The largest absolute Gasteiger partial charge is 0.497 e. The van der Waals surface area contributed by atoms with Crippen molar-refractivity contribution >= 4 is 21.7 Å². The lowest BCUT2D eigenvalue weighted by Crippen LogP contribution is -2.36. The Morgan fingerprint density at radius 1 is 1.13 bits per heavy atom. The molecule has 8 nitrogen and oxygen atoms in total. The number of hydrogen-bond donors (Lipinski definition) is 1. The van der Waals surface area contributed by atoms with E-state index in [9.17, 15) is 18.3 Å². The zero-order chi connectivity index (χ0) is 22.6. The summed E-state index contributed by atoms with van der Waals surface area (Å²) in [5.41, 5.74) is 1.80. The molecule has 1 aliphatic rings. The Morgan fingerprint density at radius 3 is 2.45 bits per heavy atom. The van der Waals surface area contributed by atoms with E-state index in [1.165, 1.54) is 31.6 Å². The standard InChI is InChI=1S/C22H28N2O6S/c1-23(31(27,28)21-14-19(29-2)7-8-20(21)30-3)15-16-5-4-6-18(13-16)24-11-9-17(10-12-24)22(25)26/h4-8,13-14,17H,9-12,15H2,1-3H3,(H,25,26). The average Bonchev–Trinajstić information content (AvgIpc) is 2.78. The van der Waals surface area contributed by atoms with Crippen LogP contribution in [0.4, 0.5) is 5.69 Å². The number of piperidine rings is 1. The van der Waals surface area contributed by atoms with Crippen molar-refractivity contribution in [2.75, 3.05) is 39.3 Å². The van der Waals surface area contributed by atoms with E-state index < -0.39 is 16.0 Å². The quantitative estimate of drug-likeness (QED) is 0.663. The zero-order valence-electron chi connectivity index (χ0n) is 17.9. The van der Waals surface area contributed by atoms with Crippen molar-refractivity contribution in [3.63, 3.8) is 0 Å². The molecule has 1 heterocycles. The normalized spacial score (nSPS) is 15.2. The van der Waals surface area contributed by atoms with Gasteiger partial charge in [0.15, 0.2) is 0 Å². The molecule has 1 fully saturated rings. The molecule has 0 saturated carbocycles. The first-order valence-corrected chi connectivity index (χ1v) is 11.5. The van der Waals surface area contributed by atoms with Crippen LogP contribution >= 0.6 is 0 Å². The van der Waals surface area contributed by atoms with Gasteiger partial charge in [-0.15, -0.1) is 0 Å². The first-order valence-electron chi connectivity index (χ1n) is 10.0. The summed E-state index contributed by atoms with van der Waals surface area (Å²) in [6, 6.07) is 12.4. The molecule has 2 aromatic rings. The van der Waals surface area contributed by atoms with E-state index in [0.29, 0.717) is 31.7 Å². The van der Waals surface area contributed by atoms with E-state index >= 15 is 0 Å². The molecule has 0 bridgehead atoms. The summed E-state index contributed by atoms with van der Waals surface area (Å²) in [6.07, 6.45) is 1.20. The molecule has 168 valence electrons. The second kappa shape index (κ2) is 9.57. The first-order chi connectivity index (χ1) is 14.8. The molecule has 31 heavy (non-hydrogen) atoms. The van der Waals surface area contributed by atoms with Crippen LogP contribution in [0.5, 0.6) is 11.5 Å². The monoisotopic (exact) mass is 448 g/mol. The lowest BCUT2D eigenvalue weighted by Gasteiger charge is -2.32. The van der Waals surface area contributed by atoms with Gasteiger partial charge in [0.1, 0.15) is 16.4 Å². The number of methoxy groups -OCH3 is 2. The fourth-order valence-electron chi connectivity index (χ4n) is 3.73. The van der Waals surface area contributed by atoms with Crippen LogP contribution in [0.1, 0.15) is 18.4 Å². The van der Waals surface area contributed by atoms with Gasteiger partial charge in [-0.3, -0.25) is 4.79 Å². The van der Waals surface area contributed by atoms with Crippen molar-refractivity contribution < 1.29 is 27.8 Å². The van der Waals surface area contributed by atoms with E-state index in [1.54, 1.807) is 12.1 Å². The van der Waals surface area contributed by atoms with Crippen molar-refractivity contribution in [1.29, 1.82) is 0 Å². The topological polar surface area (TPSA) is 96.4 Å². The van der Waals surface area contributed by atoms with Crippen molar-refractivity contribution in [3.05, 3.63) is 48.0 Å². The predicted octanol–water partition coefficient (Wildman–Crippen LogP) is 2.83. The fraction of sp³-hybridized carbons (Fsp3) is 0.409. The SMILES string of the molecule is COc1ccc(OC)c(S(=O)(=O)N(C)Cc2cccc(N3CCC(C(=O)O)CC3)c2)c1. The highest BCUT2D eigenvalue weighted by Gasteiger charge is 2.27. The Balaban J connectivity index is 1.77. The summed E-state index contributed by atoms with van der Waals surface area (Å²) in [7, 11) is 0.617. The van der Waals surface area contributed by atoms with Gasteiger partial charge in [0.05, 0.1) is 20.1 Å². The molecule has 0 unspecified atom stereocenters. The van der Waals surface area contributed by atoms with Gasteiger partial charge in [0, 0.05) is 38.4 Å². The van der Waals surface area contributed by atoms with E-state index in [1.807, 2.05) is 24.3 Å². The highest BCUT2D eigenvalue weighted by molar-refractivity contribution is 7.89. The van der Waals surface area contributed by atoms with Gasteiger partial charge < -0.3 is 19.5 Å². The molecule has 9 heteroatoms. The van der Waals surface area contributed by atoms with Crippen LogP contribution in [0, 0.1) is 5.92 Å². The van der Waals surface area contributed by atoms with Crippen molar-refractivity contribution in [2.24, 2.45) is 5.92 Å². The summed E-state index contributed by atoms with van der Waals surface area (Å²) >= 11 is 0. The molecule has 1 saturated heterocycles. The second-order valence-electron chi connectivity index (χ2n) is 7.55. The first kappa shape index (κ1) is 22.9. The molecule has 1 aliphatic heterocycles.